The van der Waals surface area contributed by atoms with Crippen LogP contribution in [0.5, 0.6) is 0 Å². The highest BCUT2D eigenvalue weighted by Gasteiger charge is 2.96. The molecule has 2 heterocycles. The molecule has 0 aromatic heterocycles. The summed E-state index contributed by atoms with van der Waals surface area (Å²) in [6.07, 6.45) is -56.1. The van der Waals surface area contributed by atoms with Gasteiger partial charge in [-0.05, 0) is 69.6 Å². The molecule has 2 saturated heterocycles. The van der Waals surface area contributed by atoms with E-state index in [0.717, 1.165) is 6.92 Å². The van der Waals surface area contributed by atoms with Gasteiger partial charge in [0.2, 0.25) is 5.60 Å². The largest absolute Gasteiger partial charge is 0.459 e. The summed E-state index contributed by atoms with van der Waals surface area (Å²) >= 11 is 0. The first-order valence-corrected chi connectivity index (χ1v) is 18.1. The Morgan fingerprint density at radius 3 is 1.15 bits per heavy atom. The third-order valence-corrected chi connectivity index (χ3v) is 15.2. The van der Waals surface area contributed by atoms with E-state index in [0.29, 0.717) is 20.8 Å². The number of halogens is 26. The molecule has 7 unspecified atom stereocenters. The predicted octanol–water partition coefficient (Wildman–Crippen LogP) is 14.4. The maximum atomic E-state index is 16.5. The molecular weight excluding hydrogens is 934 g/mol. The van der Waals surface area contributed by atoms with E-state index in [9.17, 15) is 65.9 Å². The lowest BCUT2D eigenvalue weighted by molar-refractivity contribution is -0.501. The molecule has 2 aliphatic heterocycles. The zero-order valence-corrected chi connectivity index (χ0v) is 32.5. The fourth-order valence-corrected chi connectivity index (χ4v) is 12.0. The lowest BCUT2D eigenvalue weighted by Crippen LogP contribution is -2.83. The SMILES string of the molecule is CCC(C)(CC(C)(C)C12CCC(C1)C(C(F)(F)C(F)(F)F)(C(F)(F)C(F)(F)F)OC2(C)C(F)(F)C(F)(F)C(F)(F)F)C12CCC(C1)C(C(F)(F)F)(C(F)(F)F)OC2(C)C(F)(F)F. The average molecular weight is 971 g/mol. The smallest absolute Gasteiger partial charge is 0.348 e. The van der Waals surface area contributed by atoms with Crippen molar-refractivity contribution in [1.82, 2.24) is 0 Å². The fraction of sp³-hybridized carbons (Fsp3) is 1.00. The Labute approximate surface area is 333 Å². The van der Waals surface area contributed by atoms with E-state index < -0.39 is 175 Å². The summed E-state index contributed by atoms with van der Waals surface area (Å²) in [5.74, 6) is -37.5. The van der Waals surface area contributed by atoms with Crippen molar-refractivity contribution in [2.45, 2.75) is 176 Å². The predicted molar refractivity (Wildman–Crippen MR) is 157 cm³/mol. The van der Waals surface area contributed by atoms with Gasteiger partial charge in [-0.15, -0.1) is 0 Å². The first-order chi connectivity index (χ1) is 26.8. The first-order valence-electron chi connectivity index (χ1n) is 18.1. The van der Waals surface area contributed by atoms with Crippen molar-refractivity contribution in [3.8, 4) is 0 Å². The topological polar surface area (TPSA) is 18.5 Å². The molecule has 0 N–H and O–H groups in total. The van der Waals surface area contributed by atoms with Gasteiger partial charge in [-0.3, -0.25) is 0 Å². The molecule has 7 atom stereocenters. The van der Waals surface area contributed by atoms with Crippen molar-refractivity contribution in [3.63, 3.8) is 0 Å². The molecule has 4 bridgehead atoms. The van der Waals surface area contributed by atoms with Crippen LogP contribution in [0.2, 0.25) is 0 Å². The lowest BCUT2D eigenvalue weighted by atomic mass is 9.43. The second-order valence-electron chi connectivity index (χ2n) is 18.0. The van der Waals surface area contributed by atoms with Crippen LogP contribution in [-0.4, -0.2) is 83.2 Å². The molecule has 4 fully saturated rings. The van der Waals surface area contributed by atoms with Crippen LogP contribution < -0.4 is 0 Å². The summed E-state index contributed by atoms with van der Waals surface area (Å²) in [4.78, 5) is 0. The zero-order valence-electron chi connectivity index (χ0n) is 32.5. The van der Waals surface area contributed by atoms with Crippen molar-refractivity contribution >= 4 is 0 Å². The van der Waals surface area contributed by atoms with Gasteiger partial charge < -0.3 is 9.47 Å². The molecule has 4 rings (SSSR count). The number of hydrogen-bond acceptors (Lipinski definition) is 2. The van der Waals surface area contributed by atoms with Crippen molar-refractivity contribution in [2.24, 2.45) is 33.5 Å². The highest BCUT2D eigenvalue weighted by atomic mass is 19.5. The van der Waals surface area contributed by atoms with Crippen molar-refractivity contribution in [2.75, 3.05) is 0 Å². The van der Waals surface area contributed by atoms with Crippen molar-refractivity contribution in [1.29, 1.82) is 0 Å². The van der Waals surface area contributed by atoms with Gasteiger partial charge in [-0.1, -0.05) is 34.1 Å². The van der Waals surface area contributed by atoms with Gasteiger partial charge in [-0.25, -0.2) is 0 Å². The molecule has 366 valence electrons. The standard InChI is InChI=1S/C34H36F26O2/c1-7-18(4,22-11-9-16(13-22)24(30(46,47)48,31(49,50)51)62-20(22,6)29(43,44)45)14-17(2,3)21-10-8-15(12-21)23(26(37,38)32(52,53)54,27(39,40)33(55,56)57)61-19(21,5)25(35,36)28(41,42)34(58,59)60/h15-16H,7-14H2,1-6H3. The quantitative estimate of drug-likeness (QED) is 0.214. The third-order valence-electron chi connectivity index (χ3n) is 15.2. The van der Waals surface area contributed by atoms with E-state index >= 15 is 48.3 Å². The number of hydrogen-bond donors (Lipinski definition) is 0. The number of fused-ring (bicyclic) bond motifs is 4. The number of ether oxygens (including phenoxy) is 2. The fourth-order valence-electron chi connectivity index (χ4n) is 12.0. The maximum absolute atomic E-state index is 16.5. The molecule has 0 aromatic rings. The molecule has 0 radical (unpaired) electrons. The summed E-state index contributed by atoms with van der Waals surface area (Å²) in [5.41, 5.74) is -35.5. The van der Waals surface area contributed by atoms with Crippen LogP contribution in [0.25, 0.3) is 0 Å². The molecule has 0 spiro atoms. The van der Waals surface area contributed by atoms with E-state index in [1.165, 1.54) is 0 Å². The highest BCUT2D eigenvalue weighted by Crippen LogP contribution is 2.81. The summed E-state index contributed by atoms with van der Waals surface area (Å²) < 4.78 is 392. The zero-order chi connectivity index (χ0) is 49.2. The second-order valence-corrected chi connectivity index (χ2v) is 18.0. The van der Waals surface area contributed by atoms with E-state index in [1.807, 2.05) is 0 Å². The van der Waals surface area contributed by atoms with Gasteiger partial charge in [0.25, 0.3) is 5.60 Å². The first kappa shape index (κ1) is 52.7. The van der Waals surface area contributed by atoms with Crippen molar-refractivity contribution in [3.05, 3.63) is 0 Å². The Morgan fingerprint density at radius 1 is 0.452 bits per heavy atom. The number of rotatable bonds is 9. The maximum Gasteiger partial charge on any atom is 0.459 e. The van der Waals surface area contributed by atoms with Gasteiger partial charge >= 0.3 is 60.7 Å². The van der Waals surface area contributed by atoms with E-state index in [4.69, 9.17) is 0 Å². The van der Waals surface area contributed by atoms with Gasteiger partial charge in [0.05, 0.1) is 0 Å². The van der Waals surface area contributed by atoms with Gasteiger partial charge in [0.1, 0.15) is 5.60 Å². The van der Waals surface area contributed by atoms with Gasteiger partial charge in [-0.2, -0.15) is 114 Å². The summed E-state index contributed by atoms with van der Waals surface area (Å²) in [5, 5.41) is 0. The normalized spacial score (nSPS) is 34.1. The Bertz CT molecular complexity index is 1680. The lowest BCUT2D eigenvalue weighted by Gasteiger charge is -2.67. The molecule has 2 aliphatic carbocycles. The molecule has 4 aliphatic rings. The van der Waals surface area contributed by atoms with Crippen LogP contribution in [0.4, 0.5) is 114 Å². The third kappa shape index (κ3) is 5.91. The van der Waals surface area contributed by atoms with Crippen molar-refractivity contribution < 1.29 is 124 Å². The molecule has 0 aromatic carbocycles. The van der Waals surface area contributed by atoms with Crippen LogP contribution >= 0.6 is 0 Å². The molecular formula is C34H36F26O2. The number of alkyl halides is 26. The molecule has 2 saturated carbocycles. The van der Waals surface area contributed by atoms with Crippen LogP contribution in [0.1, 0.15) is 92.9 Å². The summed E-state index contributed by atoms with van der Waals surface area (Å²) in [6.45, 7) is 1.26. The molecule has 0 amide bonds. The Hall–Kier alpha value is -1.90. The van der Waals surface area contributed by atoms with E-state index in [1.54, 1.807) is 0 Å². The van der Waals surface area contributed by atoms with Crippen LogP contribution in [-0.2, 0) is 9.47 Å². The Kier molecular flexibility index (Phi) is 11.4. The highest BCUT2D eigenvalue weighted by molar-refractivity contribution is 5.30. The average Bonchev–Trinajstić information content (AvgIpc) is 3.65. The molecule has 2 nitrogen and oxygen atoms in total. The Morgan fingerprint density at radius 2 is 0.806 bits per heavy atom. The van der Waals surface area contributed by atoms with E-state index in [2.05, 4.69) is 9.47 Å². The van der Waals surface area contributed by atoms with Gasteiger partial charge in [0.15, 0.2) is 5.60 Å². The van der Waals surface area contributed by atoms with Crippen LogP contribution in [0.15, 0.2) is 0 Å². The summed E-state index contributed by atoms with van der Waals surface area (Å²) in [6, 6.07) is 0. The van der Waals surface area contributed by atoms with Crippen LogP contribution in [0.3, 0.4) is 0 Å². The van der Waals surface area contributed by atoms with Gasteiger partial charge in [0, 0.05) is 22.7 Å². The second kappa shape index (κ2) is 13.4. The summed E-state index contributed by atoms with van der Waals surface area (Å²) in [7, 11) is 0. The molecule has 62 heavy (non-hydrogen) atoms. The minimum atomic E-state index is -7.80. The minimum absolute atomic E-state index is 0.246. The monoisotopic (exact) mass is 970 g/mol. The van der Waals surface area contributed by atoms with Crippen LogP contribution in [0, 0.1) is 33.5 Å². The Balaban J connectivity index is 2.13. The molecule has 28 heteroatoms. The van der Waals surface area contributed by atoms with E-state index in [-0.39, 0.29) is 6.92 Å². The minimum Gasteiger partial charge on any atom is -0.348 e.